The van der Waals surface area contributed by atoms with Crippen molar-refractivity contribution in [3.63, 3.8) is 0 Å². The summed E-state index contributed by atoms with van der Waals surface area (Å²) in [6, 6.07) is 11.0. The van der Waals surface area contributed by atoms with Crippen LogP contribution in [0.1, 0.15) is 38.9 Å². The van der Waals surface area contributed by atoms with Gasteiger partial charge in [-0.05, 0) is 55.7 Å². The third kappa shape index (κ3) is 3.73. The van der Waals surface area contributed by atoms with Gasteiger partial charge in [-0.25, -0.2) is 9.59 Å². The van der Waals surface area contributed by atoms with Crippen molar-refractivity contribution in [2.45, 2.75) is 26.8 Å². The van der Waals surface area contributed by atoms with Gasteiger partial charge in [0.15, 0.2) is 11.5 Å². The summed E-state index contributed by atoms with van der Waals surface area (Å²) in [6.07, 6.45) is 0.793. The number of fused-ring (bicyclic) bond motifs is 3. The molecule has 0 bridgehead atoms. The van der Waals surface area contributed by atoms with Gasteiger partial charge in [0, 0.05) is 23.4 Å². The molecule has 2 heterocycles. The molecule has 1 aromatic heterocycles. The summed E-state index contributed by atoms with van der Waals surface area (Å²) in [4.78, 5) is 25.1. The average molecular weight is 450 g/mol. The maximum atomic E-state index is 13.3. The summed E-state index contributed by atoms with van der Waals surface area (Å²) in [5.41, 5.74) is 6.34. The van der Waals surface area contributed by atoms with Crippen LogP contribution in [0.5, 0.6) is 11.5 Å². The maximum absolute atomic E-state index is 13.3. The highest BCUT2D eigenvalue weighted by atomic mass is 16.5. The van der Waals surface area contributed by atoms with Gasteiger partial charge in [-0.2, -0.15) is 0 Å². The Hall–Kier alpha value is -3.74. The summed E-state index contributed by atoms with van der Waals surface area (Å²) in [5, 5.41) is 0. The Kier molecular flexibility index (Phi) is 6.14. The predicted molar refractivity (Wildman–Crippen MR) is 124 cm³/mol. The third-order valence-electron chi connectivity index (χ3n) is 6.07. The van der Waals surface area contributed by atoms with E-state index in [0.717, 1.165) is 46.6 Å². The monoisotopic (exact) mass is 449 g/mol. The predicted octanol–water partition coefficient (Wildman–Crippen LogP) is 4.67. The van der Waals surface area contributed by atoms with Crippen molar-refractivity contribution < 1.29 is 28.5 Å². The smallest absolute Gasteiger partial charge is 0.340 e. The molecule has 0 N–H and O–H groups in total. The normalized spacial score (nSPS) is 11.9. The van der Waals surface area contributed by atoms with Gasteiger partial charge >= 0.3 is 11.9 Å². The second kappa shape index (κ2) is 9.02. The molecule has 2 aromatic carbocycles. The van der Waals surface area contributed by atoms with Gasteiger partial charge < -0.3 is 23.5 Å². The molecule has 4 rings (SSSR count). The number of methoxy groups -OCH3 is 3. The quantitative estimate of drug-likeness (QED) is 0.509. The van der Waals surface area contributed by atoms with Crippen molar-refractivity contribution in [1.29, 1.82) is 0 Å². The average Bonchev–Trinajstić information content (AvgIpc) is 3.15. The third-order valence-corrected chi connectivity index (χ3v) is 6.07. The summed E-state index contributed by atoms with van der Waals surface area (Å²) in [6.45, 7) is 4.78. The van der Waals surface area contributed by atoms with Gasteiger partial charge in [0.1, 0.15) is 0 Å². The summed E-state index contributed by atoms with van der Waals surface area (Å²) < 4.78 is 23.5. The number of benzene rings is 2. The molecule has 0 saturated carbocycles. The largest absolute Gasteiger partial charge is 0.493 e. The summed E-state index contributed by atoms with van der Waals surface area (Å²) >= 11 is 0. The summed E-state index contributed by atoms with van der Waals surface area (Å²) in [7, 11) is 4.56. The van der Waals surface area contributed by atoms with Crippen molar-refractivity contribution in [2.24, 2.45) is 0 Å². The first kappa shape index (κ1) is 22.5. The second-order valence-corrected chi connectivity index (χ2v) is 7.74. The zero-order chi connectivity index (χ0) is 23.7. The van der Waals surface area contributed by atoms with E-state index in [0.29, 0.717) is 22.6 Å². The van der Waals surface area contributed by atoms with E-state index in [1.54, 1.807) is 33.3 Å². The van der Waals surface area contributed by atoms with Gasteiger partial charge in [-0.1, -0.05) is 12.1 Å². The minimum atomic E-state index is -0.407. The Balaban J connectivity index is 1.97. The van der Waals surface area contributed by atoms with E-state index < -0.39 is 5.97 Å². The number of rotatable bonds is 6. The zero-order valence-electron chi connectivity index (χ0n) is 19.5. The number of hydrogen-bond donors (Lipinski definition) is 0. The van der Waals surface area contributed by atoms with Crippen LogP contribution in [-0.2, 0) is 22.4 Å². The van der Waals surface area contributed by atoms with Crippen LogP contribution in [0.15, 0.2) is 36.4 Å². The number of carbonyl (C=O) groups excluding carboxylic acids is 2. The fraction of sp³-hybridized carbons (Fsp3) is 0.308. The van der Waals surface area contributed by atoms with Crippen LogP contribution in [0.4, 0.5) is 0 Å². The van der Waals surface area contributed by atoms with E-state index in [-0.39, 0.29) is 12.6 Å². The molecule has 0 aliphatic carbocycles. The van der Waals surface area contributed by atoms with Crippen molar-refractivity contribution in [1.82, 2.24) is 4.57 Å². The zero-order valence-corrected chi connectivity index (χ0v) is 19.5. The van der Waals surface area contributed by atoms with Gasteiger partial charge in [-0.15, -0.1) is 0 Å². The molecule has 33 heavy (non-hydrogen) atoms. The minimum Gasteiger partial charge on any atom is -0.493 e. The molecule has 7 nitrogen and oxygen atoms in total. The highest BCUT2D eigenvalue weighted by molar-refractivity contribution is 6.05. The molecular weight excluding hydrogens is 422 g/mol. The fourth-order valence-electron chi connectivity index (χ4n) is 4.52. The molecule has 0 atom stereocenters. The maximum Gasteiger partial charge on any atom is 0.340 e. The molecule has 0 unspecified atom stereocenters. The van der Waals surface area contributed by atoms with Crippen LogP contribution in [0.3, 0.4) is 0 Å². The first-order chi connectivity index (χ1) is 15.9. The topological polar surface area (TPSA) is 76.0 Å². The second-order valence-electron chi connectivity index (χ2n) is 7.74. The molecular formula is C26H27NO6. The molecule has 0 spiro atoms. The SMILES string of the molecule is CCOC(=O)c1c(-c2ccc(C(=O)OC)cc2)c(C)n2c1-c1cc(OC)c(OC)cc1CC2. The lowest BCUT2D eigenvalue weighted by Gasteiger charge is -2.23. The number of ether oxygens (including phenoxy) is 4. The van der Waals surface area contributed by atoms with Crippen molar-refractivity contribution in [3.8, 4) is 33.9 Å². The van der Waals surface area contributed by atoms with Crippen LogP contribution in [-0.4, -0.2) is 44.4 Å². The van der Waals surface area contributed by atoms with Crippen LogP contribution >= 0.6 is 0 Å². The van der Waals surface area contributed by atoms with Crippen molar-refractivity contribution in [3.05, 3.63) is 58.8 Å². The Morgan fingerprint density at radius 2 is 1.64 bits per heavy atom. The first-order valence-electron chi connectivity index (χ1n) is 10.8. The lowest BCUT2D eigenvalue weighted by molar-refractivity contribution is 0.0527. The Morgan fingerprint density at radius 1 is 0.970 bits per heavy atom. The van der Waals surface area contributed by atoms with E-state index in [4.69, 9.17) is 18.9 Å². The molecule has 0 amide bonds. The van der Waals surface area contributed by atoms with Crippen LogP contribution in [0.25, 0.3) is 22.4 Å². The Morgan fingerprint density at radius 3 is 2.24 bits per heavy atom. The molecule has 1 aliphatic heterocycles. The number of esters is 2. The standard InChI is InChI=1S/C26H27NO6/c1-6-33-26(29)23-22(16-7-9-17(10-8-16)25(28)32-5)15(2)27-12-11-18-13-20(30-3)21(31-4)14-19(18)24(23)27/h7-10,13-14H,6,11-12H2,1-5H3. The van der Waals surface area contributed by atoms with Crippen molar-refractivity contribution >= 4 is 11.9 Å². The molecule has 0 saturated heterocycles. The van der Waals surface area contributed by atoms with Crippen LogP contribution < -0.4 is 9.47 Å². The van der Waals surface area contributed by atoms with Gasteiger partial charge in [0.2, 0.25) is 0 Å². The van der Waals surface area contributed by atoms with E-state index in [9.17, 15) is 9.59 Å². The Labute approximate surface area is 192 Å². The number of aromatic nitrogens is 1. The lowest BCUT2D eigenvalue weighted by Crippen LogP contribution is -2.15. The molecule has 0 fully saturated rings. The van der Waals surface area contributed by atoms with Gasteiger partial charge in [0.25, 0.3) is 0 Å². The van der Waals surface area contributed by atoms with Gasteiger partial charge in [-0.3, -0.25) is 0 Å². The van der Waals surface area contributed by atoms with Crippen molar-refractivity contribution in [2.75, 3.05) is 27.9 Å². The molecule has 1 aliphatic rings. The fourth-order valence-corrected chi connectivity index (χ4v) is 4.52. The number of carbonyl (C=O) groups is 2. The van der Waals surface area contributed by atoms with E-state index in [2.05, 4.69) is 4.57 Å². The highest BCUT2D eigenvalue weighted by Gasteiger charge is 2.32. The van der Waals surface area contributed by atoms with E-state index >= 15 is 0 Å². The highest BCUT2D eigenvalue weighted by Crippen LogP contribution is 2.45. The molecule has 172 valence electrons. The first-order valence-corrected chi connectivity index (χ1v) is 10.8. The van der Waals surface area contributed by atoms with E-state index in [1.807, 2.05) is 31.2 Å². The lowest BCUT2D eigenvalue weighted by atomic mass is 9.93. The summed E-state index contributed by atoms with van der Waals surface area (Å²) in [5.74, 6) is 0.464. The molecule has 0 radical (unpaired) electrons. The van der Waals surface area contributed by atoms with Crippen LogP contribution in [0.2, 0.25) is 0 Å². The number of nitrogens with zero attached hydrogens (tertiary/aromatic N) is 1. The molecule has 3 aromatic rings. The van der Waals surface area contributed by atoms with Crippen LogP contribution in [0, 0.1) is 6.92 Å². The number of aryl methyl sites for hydroxylation is 1. The molecule has 7 heteroatoms. The van der Waals surface area contributed by atoms with Gasteiger partial charge in [0.05, 0.1) is 44.8 Å². The Bertz CT molecular complexity index is 1220. The number of hydrogen-bond acceptors (Lipinski definition) is 6. The van der Waals surface area contributed by atoms with E-state index in [1.165, 1.54) is 7.11 Å². The minimum absolute atomic E-state index is 0.266.